The van der Waals surface area contributed by atoms with Gasteiger partial charge in [0.2, 0.25) is 0 Å². The highest BCUT2D eigenvalue weighted by Crippen LogP contribution is 2.67. The summed E-state index contributed by atoms with van der Waals surface area (Å²) in [5.41, 5.74) is 9.67. The summed E-state index contributed by atoms with van der Waals surface area (Å²) in [7, 11) is -1.02. The molecule has 3 aliphatic rings. The highest BCUT2D eigenvalue weighted by atomic mass is 32.3. The van der Waals surface area contributed by atoms with Gasteiger partial charge in [-0.05, 0) is 129 Å². The molecule has 2 saturated heterocycles. The number of hydrogen-bond donors (Lipinski definition) is 0. The van der Waals surface area contributed by atoms with Crippen molar-refractivity contribution in [3.63, 3.8) is 0 Å². The average Bonchev–Trinajstić information content (AvgIpc) is 3.47. The van der Waals surface area contributed by atoms with Crippen LogP contribution in [0.4, 0.5) is 0 Å². The van der Waals surface area contributed by atoms with E-state index in [0.717, 1.165) is 24.7 Å². The molecule has 0 nitrogen and oxygen atoms in total. The Balaban J connectivity index is 1.73. The van der Waals surface area contributed by atoms with Crippen molar-refractivity contribution in [2.45, 2.75) is 51.9 Å². The minimum Gasteiger partial charge on any atom is -0.246 e. The third kappa shape index (κ3) is 3.57. The van der Waals surface area contributed by atoms with Crippen LogP contribution in [0, 0.1) is 11.8 Å². The topological polar surface area (TPSA) is 0 Å². The van der Waals surface area contributed by atoms with Gasteiger partial charge in [-0.15, -0.1) is 0 Å². The summed E-state index contributed by atoms with van der Waals surface area (Å²) in [4.78, 5) is 0. The van der Waals surface area contributed by atoms with Crippen LogP contribution >= 0.6 is 20.1 Å². The monoisotopic (exact) mass is 518 g/mol. The fraction of sp³-hybridized carbons (Fsp3) is 0.529. The summed E-state index contributed by atoms with van der Waals surface area (Å²) in [5, 5.41) is 3.13. The van der Waals surface area contributed by atoms with Crippen LogP contribution in [0.15, 0.2) is 48.5 Å². The Hall–Kier alpha value is -1.38. The van der Waals surface area contributed by atoms with Gasteiger partial charge in [0.1, 0.15) is 0 Å². The maximum absolute atomic E-state index is 2.68. The molecule has 2 heteroatoms. The van der Waals surface area contributed by atoms with Crippen molar-refractivity contribution in [2.24, 2.45) is 11.8 Å². The zero-order valence-electron chi connectivity index (χ0n) is 23.5. The molecular weight excluding hydrogens is 473 g/mol. The van der Waals surface area contributed by atoms with Crippen LogP contribution in [-0.4, -0.2) is 47.5 Å². The van der Waals surface area contributed by atoms with Crippen LogP contribution in [0.5, 0.6) is 0 Å². The molecule has 36 heavy (non-hydrogen) atoms. The maximum atomic E-state index is 2.68. The molecule has 3 aromatic carbocycles. The number of fused-ring (bicyclic) bond motifs is 2. The van der Waals surface area contributed by atoms with Crippen molar-refractivity contribution >= 4 is 30.8 Å². The average molecular weight is 519 g/mol. The smallest absolute Gasteiger partial charge is 0.0286 e. The molecule has 194 valence electrons. The summed E-state index contributed by atoms with van der Waals surface area (Å²) in [6.07, 6.45) is 13.0. The van der Waals surface area contributed by atoms with Gasteiger partial charge in [0.15, 0.2) is 0 Å². The second-order valence-electron chi connectivity index (χ2n) is 12.7. The third-order valence-corrected chi connectivity index (χ3v) is 16.9. The SMILES string of the molecule is CCc1ccc2c(c1)C(C1CCS(C)(C)C1)(C1CCS(C)(CC)C1)c1cccc3c(CC)ccc-2c13. The molecule has 0 saturated carbocycles. The molecule has 4 unspecified atom stereocenters. The Morgan fingerprint density at radius 1 is 0.778 bits per heavy atom. The van der Waals surface area contributed by atoms with E-state index in [2.05, 4.69) is 88.1 Å². The van der Waals surface area contributed by atoms with Crippen molar-refractivity contribution < 1.29 is 0 Å². The van der Waals surface area contributed by atoms with E-state index < -0.39 is 20.1 Å². The lowest BCUT2D eigenvalue weighted by Gasteiger charge is -2.50. The molecule has 3 aromatic rings. The third-order valence-electron chi connectivity index (χ3n) is 10.4. The first kappa shape index (κ1) is 24.9. The largest absolute Gasteiger partial charge is 0.246 e. The Kier molecular flexibility index (Phi) is 6.12. The Bertz CT molecular complexity index is 1320. The second-order valence-corrected chi connectivity index (χ2v) is 21.3. The number of hydrogen-bond acceptors (Lipinski definition) is 0. The molecule has 0 amide bonds. The fourth-order valence-electron chi connectivity index (χ4n) is 8.32. The van der Waals surface area contributed by atoms with E-state index >= 15 is 0 Å². The normalized spacial score (nSPS) is 33.3. The van der Waals surface area contributed by atoms with E-state index in [1.54, 1.807) is 22.1 Å². The summed E-state index contributed by atoms with van der Waals surface area (Å²) in [6, 6.07) is 20.0. The van der Waals surface area contributed by atoms with Crippen LogP contribution < -0.4 is 0 Å². The highest BCUT2D eigenvalue weighted by molar-refractivity contribution is 8.33. The van der Waals surface area contributed by atoms with Crippen LogP contribution in [-0.2, 0) is 18.3 Å². The van der Waals surface area contributed by atoms with E-state index in [1.807, 2.05) is 0 Å². The van der Waals surface area contributed by atoms with Gasteiger partial charge >= 0.3 is 0 Å². The van der Waals surface area contributed by atoms with Gasteiger partial charge in [-0.1, -0.05) is 69.3 Å². The van der Waals surface area contributed by atoms with Gasteiger partial charge in [0.05, 0.1) is 0 Å². The van der Waals surface area contributed by atoms with Crippen LogP contribution in [0.2, 0.25) is 0 Å². The molecular formula is C34H46S2. The summed E-state index contributed by atoms with van der Waals surface area (Å²) >= 11 is 0. The lowest BCUT2D eigenvalue weighted by Crippen LogP contribution is -2.46. The molecule has 0 radical (unpaired) electrons. The molecule has 2 fully saturated rings. The fourth-order valence-corrected chi connectivity index (χ4v) is 13.9. The van der Waals surface area contributed by atoms with E-state index in [9.17, 15) is 0 Å². The van der Waals surface area contributed by atoms with E-state index in [1.165, 1.54) is 63.7 Å². The van der Waals surface area contributed by atoms with Gasteiger partial charge in [-0.25, -0.2) is 20.1 Å². The molecule has 0 N–H and O–H groups in total. The van der Waals surface area contributed by atoms with Gasteiger partial charge in [-0.3, -0.25) is 0 Å². The molecule has 0 aromatic heterocycles. The van der Waals surface area contributed by atoms with Gasteiger partial charge in [-0.2, -0.15) is 0 Å². The van der Waals surface area contributed by atoms with Crippen molar-refractivity contribution in [3.05, 3.63) is 70.8 Å². The first-order valence-corrected chi connectivity index (χ1v) is 19.7. The predicted octanol–water partition coefficient (Wildman–Crippen LogP) is 8.79. The first-order chi connectivity index (χ1) is 17.3. The number of benzene rings is 3. The van der Waals surface area contributed by atoms with Gasteiger partial charge in [0, 0.05) is 5.41 Å². The van der Waals surface area contributed by atoms with E-state index in [-0.39, 0.29) is 5.41 Å². The summed E-state index contributed by atoms with van der Waals surface area (Å²) < 4.78 is 0. The van der Waals surface area contributed by atoms with Crippen molar-refractivity contribution in [2.75, 3.05) is 47.5 Å². The maximum Gasteiger partial charge on any atom is 0.0286 e. The lowest BCUT2D eigenvalue weighted by atomic mass is 9.54. The lowest BCUT2D eigenvalue weighted by molar-refractivity contribution is 0.251. The van der Waals surface area contributed by atoms with Crippen molar-refractivity contribution in [1.82, 2.24) is 0 Å². The number of aryl methyl sites for hydroxylation is 2. The Morgan fingerprint density at radius 2 is 1.53 bits per heavy atom. The zero-order chi connectivity index (χ0) is 25.3. The van der Waals surface area contributed by atoms with Crippen molar-refractivity contribution in [3.8, 4) is 11.1 Å². The van der Waals surface area contributed by atoms with E-state index in [4.69, 9.17) is 0 Å². The molecule has 0 bridgehead atoms. The molecule has 2 heterocycles. The molecule has 4 atom stereocenters. The zero-order valence-corrected chi connectivity index (χ0v) is 25.1. The minimum atomic E-state index is -0.517. The summed E-state index contributed by atoms with van der Waals surface area (Å²) in [5.74, 6) is 8.75. The second kappa shape index (κ2) is 8.84. The van der Waals surface area contributed by atoms with Gasteiger partial charge in [0.25, 0.3) is 0 Å². The minimum absolute atomic E-state index is 0.167. The van der Waals surface area contributed by atoms with Crippen LogP contribution in [0.25, 0.3) is 21.9 Å². The first-order valence-electron chi connectivity index (χ1n) is 14.3. The van der Waals surface area contributed by atoms with Gasteiger partial charge < -0.3 is 0 Å². The van der Waals surface area contributed by atoms with Crippen LogP contribution in [0.1, 0.15) is 55.9 Å². The predicted molar refractivity (Wildman–Crippen MR) is 168 cm³/mol. The Labute approximate surface area is 223 Å². The Morgan fingerprint density at radius 3 is 2.19 bits per heavy atom. The summed E-state index contributed by atoms with van der Waals surface area (Å²) in [6.45, 7) is 7.14. The molecule has 2 aliphatic heterocycles. The highest BCUT2D eigenvalue weighted by Gasteiger charge is 2.56. The molecule has 6 rings (SSSR count). The van der Waals surface area contributed by atoms with E-state index in [0.29, 0.717) is 0 Å². The molecule has 1 aliphatic carbocycles. The van der Waals surface area contributed by atoms with Crippen molar-refractivity contribution in [1.29, 1.82) is 0 Å². The standard InChI is InChI=1S/C34H46S2/c1-7-24-13-15-29-30-16-14-25(8-2)28-11-10-12-31(33(28)30)34(32(29)21-24,26-17-19-35(4,5)22-26)27-18-20-36(6,9-3)23-27/h10-16,21,26-27H,7-9,17-20,22-23H2,1-6H3. The molecule has 0 spiro atoms. The quantitative estimate of drug-likeness (QED) is 0.316. The number of rotatable bonds is 5. The van der Waals surface area contributed by atoms with Crippen LogP contribution in [0.3, 0.4) is 0 Å².